The van der Waals surface area contributed by atoms with Crippen LogP contribution in [-0.2, 0) is 0 Å². The van der Waals surface area contributed by atoms with E-state index in [-0.39, 0.29) is 0 Å². The van der Waals surface area contributed by atoms with E-state index in [0.717, 1.165) is 17.9 Å². The Labute approximate surface area is 96.2 Å². The summed E-state index contributed by atoms with van der Waals surface area (Å²) in [5.74, 6) is 1.37. The lowest BCUT2D eigenvalue weighted by molar-refractivity contribution is 0.643. The van der Waals surface area contributed by atoms with E-state index in [9.17, 15) is 0 Å². The maximum absolute atomic E-state index is 4.47. The van der Waals surface area contributed by atoms with Crippen molar-refractivity contribution < 1.29 is 0 Å². The molecule has 0 N–H and O–H groups in total. The summed E-state index contributed by atoms with van der Waals surface area (Å²) < 4.78 is 1.96. The zero-order chi connectivity index (χ0) is 11.4. The molecule has 1 unspecified atom stereocenters. The summed E-state index contributed by atoms with van der Waals surface area (Å²) in [6.45, 7) is 4.39. The van der Waals surface area contributed by atoms with Crippen LogP contribution in [0.4, 0.5) is 0 Å². The second kappa shape index (κ2) is 4.92. The molecule has 0 aliphatic rings. The van der Waals surface area contributed by atoms with Gasteiger partial charge in [-0.15, -0.1) is 0 Å². The molecule has 2 heterocycles. The Morgan fingerprint density at radius 3 is 2.50 bits per heavy atom. The van der Waals surface area contributed by atoms with Crippen molar-refractivity contribution >= 4 is 0 Å². The second-order valence-corrected chi connectivity index (χ2v) is 4.08. The van der Waals surface area contributed by atoms with Crippen molar-refractivity contribution in [2.75, 3.05) is 0 Å². The molecular weight excluding hydrogens is 198 g/mol. The molecule has 1 atom stereocenters. The molecule has 0 amide bonds. The fraction of sp³-hybridized carbons (Fsp3) is 0.385. The summed E-state index contributed by atoms with van der Waals surface area (Å²) in [6, 6.07) is 3.96. The highest BCUT2D eigenvalue weighted by Crippen LogP contribution is 2.17. The molecule has 0 saturated carbocycles. The maximum atomic E-state index is 4.47. The number of aromatic nitrogens is 3. The maximum Gasteiger partial charge on any atom is 0.155 e. The third kappa shape index (κ3) is 2.30. The van der Waals surface area contributed by atoms with Crippen molar-refractivity contribution in [2.45, 2.75) is 32.6 Å². The summed E-state index contributed by atoms with van der Waals surface area (Å²) in [5, 5.41) is 0. The topological polar surface area (TPSA) is 30.7 Å². The van der Waals surface area contributed by atoms with Gasteiger partial charge in [0.25, 0.3) is 0 Å². The lowest BCUT2D eigenvalue weighted by Crippen LogP contribution is -2.01. The fourth-order valence-corrected chi connectivity index (χ4v) is 1.79. The highest BCUT2D eigenvalue weighted by atomic mass is 15.1. The van der Waals surface area contributed by atoms with Crippen LogP contribution in [-0.4, -0.2) is 14.5 Å². The molecule has 0 bridgehead atoms. The minimum absolute atomic E-state index is 0.496. The molecule has 0 aliphatic carbocycles. The molecule has 3 nitrogen and oxygen atoms in total. The smallest absolute Gasteiger partial charge is 0.155 e. The van der Waals surface area contributed by atoms with Crippen molar-refractivity contribution in [3.05, 3.63) is 42.6 Å². The van der Waals surface area contributed by atoms with Gasteiger partial charge in [-0.2, -0.15) is 0 Å². The van der Waals surface area contributed by atoms with E-state index in [1.165, 1.54) is 6.42 Å². The van der Waals surface area contributed by atoms with Crippen molar-refractivity contribution in [3.8, 4) is 5.82 Å². The average molecular weight is 215 g/mol. The SMILES string of the molecule is CCCC(C)c1cnc(-n2cccc2)cn1. The molecule has 2 rings (SSSR count). The van der Waals surface area contributed by atoms with Gasteiger partial charge in [0.2, 0.25) is 0 Å². The van der Waals surface area contributed by atoms with Crippen molar-refractivity contribution in [1.82, 2.24) is 14.5 Å². The summed E-state index contributed by atoms with van der Waals surface area (Å²) in [7, 11) is 0. The van der Waals surface area contributed by atoms with Gasteiger partial charge in [-0.25, -0.2) is 4.98 Å². The van der Waals surface area contributed by atoms with Gasteiger partial charge in [-0.1, -0.05) is 20.3 Å². The van der Waals surface area contributed by atoms with Crippen LogP contribution in [0.1, 0.15) is 38.3 Å². The van der Waals surface area contributed by atoms with Crippen LogP contribution in [0, 0.1) is 0 Å². The van der Waals surface area contributed by atoms with Crippen molar-refractivity contribution in [1.29, 1.82) is 0 Å². The van der Waals surface area contributed by atoms with Crippen LogP contribution in [0.15, 0.2) is 36.9 Å². The van der Waals surface area contributed by atoms with Crippen LogP contribution in [0.2, 0.25) is 0 Å². The van der Waals surface area contributed by atoms with Crippen LogP contribution >= 0.6 is 0 Å². The fourth-order valence-electron chi connectivity index (χ4n) is 1.79. The first-order valence-corrected chi connectivity index (χ1v) is 5.76. The van der Waals surface area contributed by atoms with E-state index in [2.05, 4.69) is 23.8 Å². The standard InChI is InChI=1S/C13H17N3/c1-3-6-11(2)12-9-15-13(10-14-12)16-7-4-5-8-16/h4-5,7-11H,3,6H2,1-2H3. The first kappa shape index (κ1) is 10.9. The monoisotopic (exact) mass is 215 g/mol. The predicted octanol–water partition coefficient (Wildman–Crippen LogP) is 3.17. The van der Waals surface area contributed by atoms with Crippen molar-refractivity contribution in [3.63, 3.8) is 0 Å². The number of hydrogen-bond acceptors (Lipinski definition) is 2. The Kier molecular flexibility index (Phi) is 3.34. The van der Waals surface area contributed by atoms with E-state index >= 15 is 0 Å². The molecule has 84 valence electrons. The van der Waals surface area contributed by atoms with E-state index in [4.69, 9.17) is 0 Å². The highest BCUT2D eigenvalue weighted by Gasteiger charge is 2.06. The molecular formula is C13H17N3. The Bertz CT molecular complexity index is 417. The Hall–Kier alpha value is -1.64. The molecule has 0 aliphatic heterocycles. The van der Waals surface area contributed by atoms with E-state index < -0.39 is 0 Å². The van der Waals surface area contributed by atoms with Crippen LogP contribution < -0.4 is 0 Å². The van der Waals surface area contributed by atoms with Gasteiger partial charge in [0, 0.05) is 12.4 Å². The largest absolute Gasteiger partial charge is 0.307 e. The Morgan fingerprint density at radius 2 is 1.94 bits per heavy atom. The van der Waals surface area contributed by atoms with Gasteiger partial charge in [0.05, 0.1) is 18.1 Å². The minimum atomic E-state index is 0.496. The second-order valence-electron chi connectivity index (χ2n) is 4.08. The van der Waals surface area contributed by atoms with Gasteiger partial charge in [-0.05, 0) is 24.5 Å². The van der Waals surface area contributed by atoms with Gasteiger partial charge in [0.1, 0.15) is 0 Å². The molecule has 2 aromatic rings. The lowest BCUT2D eigenvalue weighted by atomic mass is 10.0. The zero-order valence-corrected chi connectivity index (χ0v) is 9.80. The first-order valence-electron chi connectivity index (χ1n) is 5.76. The van der Waals surface area contributed by atoms with Crippen LogP contribution in [0.25, 0.3) is 5.82 Å². The Balaban J connectivity index is 2.16. The molecule has 0 aromatic carbocycles. The average Bonchev–Trinajstić information content (AvgIpc) is 2.83. The third-order valence-electron chi connectivity index (χ3n) is 2.75. The van der Waals surface area contributed by atoms with Gasteiger partial charge in [0.15, 0.2) is 5.82 Å². The summed E-state index contributed by atoms with van der Waals surface area (Å²) >= 11 is 0. The molecule has 0 spiro atoms. The minimum Gasteiger partial charge on any atom is -0.307 e. The van der Waals surface area contributed by atoms with Crippen molar-refractivity contribution in [2.24, 2.45) is 0 Å². The van der Waals surface area contributed by atoms with Crippen LogP contribution in [0.5, 0.6) is 0 Å². The Morgan fingerprint density at radius 1 is 1.19 bits per heavy atom. The zero-order valence-electron chi connectivity index (χ0n) is 9.80. The highest BCUT2D eigenvalue weighted by molar-refractivity contribution is 5.21. The molecule has 2 aromatic heterocycles. The molecule has 0 radical (unpaired) electrons. The number of rotatable bonds is 4. The summed E-state index contributed by atoms with van der Waals surface area (Å²) in [6.07, 6.45) is 10.0. The number of hydrogen-bond donors (Lipinski definition) is 0. The van der Waals surface area contributed by atoms with Crippen LogP contribution in [0.3, 0.4) is 0 Å². The number of nitrogens with zero attached hydrogens (tertiary/aromatic N) is 3. The molecule has 16 heavy (non-hydrogen) atoms. The summed E-state index contributed by atoms with van der Waals surface area (Å²) in [4.78, 5) is 8.89. The summed E-state index contributed by atoms with van der Waals surface area (Å²) in [5.41, 5.74) is 1.08. The van der Waals surface area contributed by atoms with E-state index in [1.807, 2.05) is 41.5 Å². The van der Waals surface area contributed by atoms with Gasteiger partial charge < -0.3 is 4.57 Å². The lowest BCUT2D eigenvalue weighted by Gasteiger charge is -2.09. The molecule has 0 saturated heterocycles. The third-order valence-corrected chi connectivity index (χ3v) is 2.75. The van der Waals surface area contributed by atoms with Gasteiger partial charge in [-0.3, -0.25) is 4.98 Å². The van der Waals surface area contributed by atoms with Gasteiger partial charge >= 0.3 is 0 Å². The normalized spacial score (nSPS) is 12.6. The predicted molar refractivity (Wildman–Crippen MR) is 64.7 cm³/mol. The van der Waals surface area contributed by atoms with E-state index in [1.54, 1.807) is 0 Å². The van der Waals surface area contributed by atoms with E-state index in [0.29, 0.717) is 5.92 Å². The molecule has 3 heteroatoms. The molecule has 0 fully saturated rings. The quantitative estimate of drug-likeness (QED) is 0.784. The first-order chi connectivity index (χ1) is 7.81.